The predicted molar refractivity (Wildman–Crippen MR) is 54.4 cm³/mol. The molecule has 0 radical (unpaired) electrons. The smallest absolute Gasteiger partial charge is 0.0431 e. The maximum Gasteiger partial charge on any atom is 0.0431 e. The summed E-state index contributed by atoms with van der Waals surface area (Å²) < 4.78 is 0. The van der Waals surface area contributed by atoms with Gasteiger partial charge in [0.25, 0.3) is 0 Å². The molecule has 0 aliphatic carbocycles. The van der Waals surface area contributed by atoms with Crippen molar-refractivity contribution in [2.75, 3.05) is 6.61 Å². The van der Waals surface area contributed by atoms with Crippen LogP contribution in [0.4, 0.5) is 0 Å². The van der Waals surface area contributed by atoms with Crippen LogP contribution >= 0.6 is 0 Å². The molecular weight excluding hydrogens is 162 g/mol. The summed E-state index contributed by atoms with van der Waals surface area (Å²) in [7, 11) is 0. The Balaban J connectivity index is 2.46. The third kappa shape index (κ3) is 3.57. The molecule has 0 bridgehead atoms. The maximum absolute atomic E-state index is 8.63. The molecule has 0 aliphatic rings. The van der Waals surface area contributed by atoms with Crippen molar-refractivity contribution in [2.45, 2.75) is 25.8 Å². The zero-order valence-electron chi connectivity index (χ0n) is 7.87. The van der Waals surface area contributed by atoms with Gasteiger partial charge in [0.2, 0.25) is 0 Å². The van der Waals surface area contributed by atoms with Gasteiger partial charge >= 0.3 is 0 Å². The first kappa shape index (κ1) is 10.2. The van der Waals surface area contributed by atoms with Gasteiger partial charge in [-0.25, -0.2) is 0 Å². The fourth-order valence-corrected chi connectivity index (χ4v) is 1.35. The highest BCUT2D eigenvalue weighted by atomic mass is 16.2. The summed E-state index contributed by atoms with van der Waals surface area (Å²) >= 11 is 0. The number of rotatable bonds is 5. The highest BCUT2D eigenvalue weighted by molar-refractivity contribution is 5.23. The normalized spacial score (nSPS) is 10.3. The van der Waals surface area contributed by atoms with Gasteiger partial charge in [0.05, 0.1) is 0 Å². The number of hydrogen-bond acceptors (Lipinski definition) is 2. The van der Waals surface area contributed by atoms with Gasteiger partial charge in [-0.2, -0.15) is 0 Å². The van der Waals surface area contributed by atoms with Crippen LogP contribution in [-0.4, -0.2) is 11.7 Å². The average Bonchev–Trinajstić information content (AvgIpc) is 2.19. The van der Waals surface area contributed by atoms with Crippen molar-refractivity contribution in [3.8, 4) is 0 Å². The number of unbranched alkanes of at least 4 members (excludes halogenated alkanes) is 1. The summed E-state index contributed by atoms with van der Waals surface area (Å²) in [5.74, 6) is 0. The monoisotopic (exact) mass is 179 g/mol. The van der Waals surface area contributed by atoms with E-state index in [0.717, 1.165) is 19.3 Å². The largest absolute Gasteiger partial charge is 0.396 e. The van der Waals surface area contributed by atoms with Crippen LogP contribution in [0.15, 0.2) is 24.3 Å². The predicted octanol–water partition coefficient (Wildman–Crippen LogP) is 1.46. The fourth-order valence-electron chi connectivity index (χ4n) is 1.35. The van der Waals surface area contributed by atoms with Gasteiger partial charge in [-0.05, 0) is 30.4 Å². The second-order valence-corrected chi connectivity index (χ2v) is 3.20. The zero-order valence-corrected chi connectivity index (χ0v) is 7.87. The molecule has 0 unspecified atom stereocenters. The van der Waals surface area contributed by atoms with E-state index >= 15 is 0 Å². The van der Waals surface area contributed by atoms with Gasteiger partial charge in [-0.3, -0.25) is 0 Å². The minimum atomic E-state index is 0.288. The quantitative estimate of drug-likeness (QED) is 0.672. The van der Waals surface area contributed by atoms with Gasteiger partial charge in [0.15, 0.2) is 0 Å². The van der Waals surface area contributed by atoms with Crippen LogP contribution in [-0.2, 0) is 13.0 Å². The maximum atomic E-state index is 8.63. The Bertz CT molecular complexity index is 248. The molecule has 13 heavy (non-hydrogen) atoms. The zero-order chi connectivity index (χ0) is 9.52. The third-order valence-corrected chi connectivity index (χ3v) is 2.10. The van der Waals surface area contributed by atoms with Crippen molar-refractivity contribution in [1.29, 1.82) is 0 Å². The minimum Gasteiger partial charge on any atom is -0.396 e. The van der Waals surface area contributed by atoms with E-state index in [-0.39, 0.29) is 6.61 Å². The summed E-state index contributed by atoms with van der Waals surface area (Å²) in [6.07, 6.45) is 2.96. The SMILES string of the molecule is NCc1cccc(CCCCO)c1. The van der Waals surface area contributed by atoms with Crippen molar-refractivity contribution in [3.05, 3.63) is 35.4 Å². The fraction of sp³-hybridized carbons (Fsp3) is 0.455. The van der Waals surface area contributed by atoms with Crippen molar-refractivity contribution in [2.24, 2.45) is 5.73 Å². The van der Waals surface area contributed by atoms with Crippen LogP contribution in [0, 0.1) is 0 Å². The molecule has 0 amide bonds. The van der Waals surface area contributed by atoms with E-state index < -0.39 is 0 Å². The van der Waals surface area contributed by atoms with Crippen LogP contribution < -0.4 is 5.73 Å². The number of hydrogen-bond donors (Lipinski definition) is 2. The Morgan fingerprint density at radius 1 is 1.15 bits per heavy atom. The van der Waals surface area contributed by atoms with Gasteiger partial charge in [0.1, 0.15) is 0 Å². The Morgan fingerprint density at radius 2 is 1.92 bits per heavy atom. The molecule has 0 fully saturated rings. The number of aliphatic hydroxyl groups excluding tert-OH is 1. The lowest BCUT2D eigenvalue weighted by Crippen LogP contribution is -1.97. The number of benzene rings is 1. The summed E-state index contributed by atoms with van der Waals surface area (Å²) in [5.41, 5.74) is 8.03. The van der Waals surface area contributed by atoms with Crippen LogP contribution in [0.1, 0.15) is 24.0 Å². The molecule has 2 heteroatoms. The Morgan fingerprint density at radius 3 is 2.62 bits per heavy atom. The molecule has 72 valence electrons. The van der Waals surface area contributed by atoms with Crippen molar-refractivity contribution in [1.82, 2.24) is 0 Å². The second kappa shape index (κ2) is 5.73. The summed E-state index contributed by atoms with van der Waals surface area (Å²) in [5, 5.41) is 8.63. The van der Waals surface area contributed by atoms with E-state index in [2.05, 4.69) is 12.1 Å². The molecular formula is C11H17NO. The van der Waals surface area contributed by atoms with E-state index in [0.29, 0.717) is 6.54 Å². The molecule has 0 aliphatic heterocycles. The van der Waals surface area contributed by atoms with E-state index in [4.69, 9.17) is 10.8 Å². The molecule has 0 atom stereocenters. The molecule has 0 heterocycles. The minimum absolute atomic E-state index is 0.288. The lowest BCUT2D eigenvalue weighted by molar-refractivity contribution is 0.284. The number of aliphatic hydroxyl groups is 1. The van der Waals surface area contributed by atoms with E-state index in [1.807, 2.05) is 12.1 Å². The second-order valence-electron chi connectivity index (χ2n) is 3.20. The molecule has 0 saturated heterocycles. The molecule has 3 N–H and O–H groups in total. The van der Waals surface area contributed by atoms with Gasteiger partial charge < -0.3 is 10.8 Å². The first-order valence-electron chi connectivity index (χ1n) is 4.75. The number of nitrogens with two attached hydrogens (primary N) is 1. The van der Waals surface area contributed by atoms with Crippen LogP contribution in [0.5, 0.6) is 0 Å². The van der Waals surface area contributed by atoms with Gasteiger partial charge in [-0.1, -0.05) is 24.3 Å². The lowest BCUT2D eigenvalue weighted by Gasteiger charge is -2.02. The Kier molecular flexibility index (Phi) is 4.50. The standard InChI is InChI=1S/C11H17NO/c12-9-11-6-3-5-10(8-11)4-1-2-7-13/h3,5-6,8,13H,1-2,4,7,9,12H2. The molecule has 1 aromatic rings. The molecule has 1 rings (SSSR count). The summed E-state index contributed by atoms with van der Waals surface area (Å²) in [6, 6.07) is 8.32. The van der Waals surface area contributed by atoms with E-state index in [1.54, 1.807) is 0 Å². The Hall–Kier alpha value is -0.860. The molecule has 1 aromatic carbocycles. The summed E-state index contributed by atoms with van der Waals surface area (Å²) in [6.45, 7) is 0.893. The first-order chi connectivity index (χ1) is 6.36. The van der Waals surface area contributed by atoms with Gasteiger partial charge in [0, 0.05) is 13.2 Å². The lowest BCUT2D eigenvalue weighted by atomic mass is 10.1. The molecule has 2 nitrogen and oxygen atoms in total. The molecule has 0 spiro atoms. The molecule has 0 saturated carbocycles. The van der Waals surface area contributed by atoms with Crippen molar-refractivity contribution >= 4 is 0 Å². The van der Waals surface area contributed by atoms with Crippen molar-refractivity contribution < 1.29 is 5.11 Å². The highest BCUT2D eigenvalue weighted by Gasteiger charge is 1.94. The molecule has 0 aromatic heterocycles. The van der Waals surface area contributed by atoms with E-state index in [9.17, 15) is 0 Å². The number of aryl methyl sites for hydroxylation is 1. The summed E-state index contributed by atoms with van der Waals surface area (Å²) in [4.78, 5) is 0. The van der Waals surface area contributed by atoms with Crippen molar-refractivity contribution in [3.63, 3.8) is 0 Å². The first-order valence-corrected chi connectivity index (χ1v) is 4.75. The van der Waals surface area contributed by atoms with Crippen LogP contribution in [0.2, 0.25) is 0 Å². The topological polar surface area (TPSA) is 46.2 Å². The van der Waals surface area contributed by atoms with E-state index in [1.165, 1.54) is 11.1 Å². The van der Waals surface area contributed by atoms with Crippen LogP contribution in [0.25, 0.3) is 0 Å². The van der Waals surface area contributed by atoms with Crippen LogP contribution in [0.3, 0.4) is 0 Å². The van der Waals surface area contributed by atoms with Gasteiger partial charge in [-0.15, -0.1) is 0 Å². The average molecular weight is 179 g/mol. The Labute approximate surface area is 79.4 Å². The highest BCUT2D eigenvalue weighted by Crippen LogP contribution is 2.07. The third-order valence-electron chi connectivity index (χ3n) is 2.10.